The van der Waals surface area contributed by atoms with Gasteiger partial charge in [-0.2, -0.15) is 0 Å². The van der Waals surface area contributed by atoms with Crippen LogP contribution in [0.25, 0.3) is 11.0 Å². The molecular formula is C17H16FN3O3. The smallest absolute Gasteiger partial charge is 0.326 e. The third-order valence-corrected chi connectivity index (χ3v) is 3.69. The summed E-state index contributed by atoms with van der Waals surface area (Å²) in [6, 6.07) is 11.3. The molecule has 1 heterocycles. The first kappa shape index (κ1) is 15.8. The third-order valence-electron chi connectivity index (χ3n) is 3.69. The Bertz CT molecular complexity index is 928. The van der Waals surface area contributed by atoms with Gasteiger partial charge in [-0.15, -0.1) is 0 Å². The zero-order valence-corrected chi connectivity index (χ0v) is 13.0. The molecule has 1 aromatic heterocycles. The molecule has 0 radical (unpaired) electrons. The maximum atomic E-state index is 13.2. The van der Waals surface area contributed by atoms with Gasteiger partial charge in [-0.1, -0.05) is 12.1 Å². The number of aromatic nitrogens is 2. The number of carbonyl (C=O) groups excluding carboxylic acids is 1. The molecule has 124 valence electrons. The Morgan fingerprint density at radius 2 is 2.00 bits per heavy atom. The van der Waals surface area contributed by atoms with E-state index in [1.165, 1.54) is 22.8 Å². The lowest BCUT2D eigenvalue weighted by Crippen LogP contribution is -2.30. The number of rotatable bonds is 5. The van der Waals surface area contributed by atoms with Gasteiger partial charge in [0.2, 0.25) is 5.91 Å². The highest BCUT2D eigenvalue weighted by Crippen LogP contribution is 2.12. The van der Waals surface area contributed by atoms with Crippen LogP contribution < -0.4 is 15.7 Å². The zero-order chi connectivity index (χ0) is 17.1. The highest BCUT2D eigenvalue weighted by atomic mass is 19.1. The minimum atomic E-state index is -0.449. The fraction of sp³-hybridized carbons (Fsp3) is 0.176. The van der Waals surface area contributed by atoms with E-state index in [1.807, 2.05) is 12.1 Å². The molecule has 0 aliphatic heterocycles. The molecule has 0 unspecified atom stereocenters. The lowest BCUT2D eigenvalue weighted by molar-refractivity contribution is -0.121. The average Bonchev–Trinajstić information content (AvgIpc) is 2.88. The third kappa shape index (κ3) is 3.29. The maximum absolute atomic E-state index is 13.2. The molecule has 0 aliphatic rings. The second kappa shape index (κ2) is 6.57. The molecule has 1 amide bonds. The van der Waals surface area contributed by atoms with E-state index in [9.17, 15) is 14.0 Å². The number of ether oxygens (including phenoxy) is 1. The molecule has 3 rings (SSSR count). The van der Waals surface area contributed by atoms with Crippen LogP contribution in [0, 0.1) is 5.82 Å². The fourth-order valence-electron chi connectivity index (χ4n) is 2.44. The molecule has 24 heavy (non-hydrogen) atoms. The number of methoxy groups -OCH3 is 1. The van der Waals surface area contributed by atoms with Crippen molar-refractivity contribution in [3.05, 3.63) is 64.3 Å². The second-order valence-electron chi connectivity index (χ2n) is 5.30. The molecule has 0 aliphatic carbocycles. The fourth-order valence-corrected chi connectivity index (χ4v) is 2.44. The summed E-state index contributed by atoms with van der Waals surface area (Å²) >= 11 is 0. The normalized spacial score (nSPS) is 10.8. The summed E-state index contributed by atoms with van der Waals surface area (Å²) in [5, 5.41) is 2.75. The van der Waals surface area contributed by atoms with Crippen LogP contribution in [0.2, 0.25) is 0 Å². The Kier molecular flexibility index (Phi) is 4.33. The van der Waals surface area contributed by atoms with E-state index < -0.39 is 11.5 Å². The Labute approximate surface area is 136 Å². The van der Waals surface area contributed by atoms with Gasteiger partial charge >= 0.3 is 5.69 Å². The van der Waals surface area contributed by atoms with Gasteiger partial charge in [-0.05, 0) is 35.9 Å². The summed E-state index contributed by atoms with van der Waals surface area (Å²) in [5.41, 5.74) is 1.32. The van der Waals surface area contributed by atoms with Gasteiger partial charge in [0.1, 0.15) is 18.1 Å². The lowest BCUT2D eigenvalue weighted by Gasteiger charge is -2.07. The Morgan fingerprint density at radius 1 is 1.25 bits per heavy atom. The lowest BCUT2D eigenvalue weighted by atomic mass is 10.2. The summed E-state index contributed by atoms with van der Waals surface area (Å²) in [7, 11) is 1.58. The van der Waals surface area contributed by atoms with Crippen molar-refractivity contribution in [2.45, 2.75) is 13.1 Å². The van der Waals surface area contributed by atoms with Crippen molar-refractivity contribution in [3.63, 3.8) is 0 Å². The summed E-state index contributed by atoms with van der Waals surface area (Å²) in [5.74, 6) is -0.0133. The number of hydrogen-bond acceptors (Lipinski definition) is 3. The molecule has 0 fully saturated rings. The van der Waals surface area contributed by atoms with Gasteiger partial charge in [-0.3, -0.25) is 9.36 Å². The topological polar surface area (TPSA) is 76.1 Å². The number of imidazole rings is 1. The molecule has 6 nitrogen and oxygen atoms in total. The number of nitrogens with one attached hydrogen (secondary N) is 2. The van der Waals surface area contributed by atoms with Crippen molar-refractivity contribution in [3.8, 4) is 5.75 Å². The number of nitrogens with zero attached hydrogens (tertiary/aromatic N) is 1. The largest absolute Gasteiger partial charge is 0.497 e. The van der Waals surface area contributed by atoms with Gasteiger partial charge in [0.05, 0.1) is 18.1 Å². The van der Waals surface area contributed by atoms with E-state index in [4.69, 9.17) is 4.74 Å². The number of H-pyrrole nitrogens is 1. The van der Waals surface area contributed by atoms with Crippen LogP contribution in [0.4, 0.5) is 4.39 Å². The summed E-state index contributed by atoms with van der Waals surface area (Å²) < 4.78 is 19.5. The molecule has 0 bridgehead atoms. The zero-order valence-electron chi connectivity index (χ0n) is 13.0. The first-order chi connectivity index (χ1) is 11.6. The molecule has 2 N–H and O–H groups in total. The Morgan fingerprint density at radius 3 is 2.71 bits per heavy atom. The van der Waals surface area contributed by atoms with E-state index >= 15 is 0 Å². The minimum Gasteiger partial charge on any atom is -0.497 e. The van der Waals surface area contributed by atoms with Crippen LogP contribution in [-0.2, 0) is 17.9 Å². The number of fused-ring (bicyclic) bond motifs is 1. The average molecular weight is 329 g/mol. The Balaban J connectivity index is 1.68. The molecular weight excluding hydrogens is 313 g/mol. The van der Waals surface area contributed by atoms with E-state index in [1.54, 1.807) is 19.2 Å². The van der Waals surface area contributed by atoms with Crippen molar-refractivity contribution < 1.29 is 13.9 Å². The highest BCUT2D eigenvalue weighted by Gasteiger charge is 2.11. The number of carbonyl (C=O) groups is 1. The maximum Gasteiger partial charge on any atom is 0.326 e. The molecule has 0 spiro atoms. The first-order valence-electron chi connectivity index (χ1n) is 7.34. The van der Waals surface area contributed by atoms with Crippen molar-refractivity contribution in [1.29, 1.82) is 0 Å². The number of hydrogen-bond donors (Lipinski definition) is 2. The SMILES string of the molecule is COc1ccc(CNC(=O)Cn2c(=O)[nH]c3cc(F)ccc32)cc1. The molecule has 0 saturated heterocycles. The van der Waals surface area contributed by atoms with Gasteiger partial charge < -0.3 is 15.0 Å². The highest BCUT2D eigenvalue weighted by molar-refractivity contribution is 5.80. The Hall–Kier alpha value is -3.09. The minimum absolute atomic E-state index is 0.138. The molecule has 2 aromatic carbocycles. The van der Waals surface area contributed by atoms with Crippen LogP contribution >= 0.6 is 0 Å². The van der Waals surface area contributed by atoms with E-state index in [-0.39, 0.29) is 12.5 Å². The van der Waals surface area contributed by atoms with Crippen LogP contribution in [-0.4, -0.2) is 22.6 Å². The predicted octanol–water partition coefficient (Wildman–Crippen LogP) is 1.79. The number of aromatic amines is 1. The van der Waals surface area contributed by atoms with Crippen LogP contribution in [0.5, 0.6) is 5.75 Å². The molecule has 0 atom stereocenters. The van der Waals surface area contributed by atoms with Gasteiger partial charge in [0, 0.05) is 6.54 Å². The van der Waals surface area contributed by atoms with Crippen molar-refractivity contribution in [2.24, 2.45) is 0 Å². The second-order valence-corrected chi connectivity index (χ2v) is 5.30. The number of benzene rings is 2. The molecule has 3 aromatic rings. The number of amides is 1. The van der Waals surface area contributed by atoms with Gasteiger partial charge in [0.25, 0.3) is 0 Å². The van der Waals surface area contributed by atoms with Crippen molar-refractivity contribution in [2.75, 3.05) is 7.11 Å². The van der Waals surface area contributed by atoms with Gasteiger partial charge in [0.15, 0.2) is 0 Å². The van der Waals surface area contributed by atoms with Crippen molar-refractivity contribution in [1.82, 2.24) is 14.9 Å². The monoisotopic (exact) mass is 329 g/mol. The summed E-state index contributed by atoms with van der Waals surface area (Å²) in [4.78, 5) is 26.5. The standard InChI is InChI=1S/C17H16FN3O3/c1-24-13-5-2-11(3-6-13)9-19-16(22)10-21-15-7-4-12(18)8-14(15)20-17(21)23/h2-8H,9-10H2,1H3,(H,19,22)(H,20,23). The van der Waals surface area contributed by atoms with E-state index in [2.05, 4.69) is 10.3 Å². The quantitative estimate of drug-likeness (QED) is 0.749. The number of halogens is 1. The summed E-state index contributed by atoms with van der Waals surface area (Å²) in [6.07, 6.45) is 0. The first-order valence-corrected chi connectivity index (χ1v) is 7.34. The summed E-state index contributed by atoms with van der Waals surface area (Å²) in [6.45, 7) is 0.204. The van der Waals surface area contributed by atoms with Crippen LogP contribution in [0.1, 0.15) is 5.56 Å². The van der Waals surface area contributed by atoms with Gasteiger partial charge in [-0.25, -0.2) is 9.18 Å². The van der Waals surface area contributed by atoms with E-state index in [0.717, 1.165) is 11.3 Å². The van der Waals surface area contributed by atoms with Crippen LogP contribution in [0.3, 0.4) is 0 Å². The predicted molar refractivity (Wildman–Crippen MR) is 87.4 cm³/mol. The van der Waals surface area contributed by atoms with Crippen molar-refractivity contribution >= 4 is 16.9 Å². The molecule has 0 saturated carbocycles. The van der Waals surface area contributed by atoms with E-state index in [0.29, 0.717) is 17.6 Å². The van der Waals surface area contributed by atoms with Crippen LogP contribution in [0.15, 0.2) is 47.3 Å². The molecule has 7 heteroatoms.